The Labute approximate surface area is 192 Å². The molecule has 0 spiro atoms. The summed E-state index contributed by atoms with van der Waals surface area (Å²) in [6, 6.07) is 10.7. The molecule has 1 amide bonds. The predicted octanol–water partition coefficient (Wildman–Crippen LogP) is 5.45. The molecule has 0 aliphatic heterocycles. The number of aromatic nitrogens is 1. The second-order valence-electron chi connectivity index (χ2n) is 7.73. The van der Waals surface area contributed by atoms with Crippen molar-refractivity contribution in [3.05, 3.63) is 75.9 Å². The second kappa shape index (κ2) is 10.4. The van der Waals surface area contributed by atoms with Crippen LogP contribution in [0.5, 0.6) is 0 Å². The first-order chi connectivity index (χ1) is 15.7. The number of nitrogens with one attached hydrogen (secondary N) is 2. The molecule has 1 aliphatic carbocycles. The Morgan fingerprint density at radius 2 is 1.78 bits per heavy atom. The van der Waals surface area contributed by atoms with Gasteiger partial charge in [-0.1, -0.05) is 6.42 Å². The van der Waals surface area contributed by atoms with Crippen molar-refractivity contribution < 1.29 is 14.3 Å². The minimum absolute atomic E-state index is 0.120. The number of benzene rings is 1. The number of rotatable bonds is 7. The minimum atomic E-state index is -0.365. The zero-order chi connectivity index (χ0) is 22.3. The fourth-order valence-corrected chi connectivity index (χ4v) is 5.17. The van der Waals surface area contributed by atoms with Gasteiger partial charge in [-0.3, -0.25) is 9.78 Å². The van der Waals surface area contributed by atoms with Crippen molar-refractivity contribution in [3.63, 3.8) is 0 Å². The number of carbonyl (C=O) groups is 2. The Morgan fingerprint density at radius 1 is 1.03 bits per heavy atom. The van der Waals surface area contributed by atoms with Gasteiger partial charge in [0.25, 0.3) is 5.91 Å². The molecule has 6 nitrogen and oxygen atoms in total. The van der Waals surface area contributed by atoms with Gasteiger partial charge in [-0.2, -0.15) is 0 Å². The monoisotopic (exact) mass is 449 g/mol. The fourth-order valence-electron chi connectivity index (χ4n) is 3.89. The molecule has 0 atom stereocenters. The van der Waals surface area contributed by atoms with Gasteiger partial charge in [0, 0.05) is 29.5 Å². The standard InChI is InChI=1S/C25H27N3O3S/c1-2-31-25(30)18-8-10-19(11-9-18)28-23(29)22-20-6-4-3-5-7-21(20)32-24(22)27-16-17-12-14-26-15-13-17/h8-15,27H,2-7,16H2,1H3,(H,28,29). The minimum Gasteiger partial charge on any atom is -0.462 e. The molecule has 1 aromatic carbocycles. The zero-order valence-corrected chi connectivity index (χ0v) is 19.0. The van der Waals surface area contributed by atoms with Crippen LogP contribution in [-0.2, 0) is 24.1 Å². The van der Waals surface area contributed by atoms with E-state index in [1.807, 2.05) is 12.1 Å². The Balaban J connectivity index is 1.55. The lowest BCUT2D eigenvalue weighted by atomic mass is 10.0. The molecule has 0 radical (unpaired) electrons. The molecule has 3 aromatic rings. The fraction of sp³-hybridized carbons (Fsp3) is 0.320. The summed E-state index contributed by atoms with van der Waals surface area (Å²) in [5, 5.41) is 7.41. The summed E-state index contributed by atoms with van der Waals surface area (Å²) >= 11 is 1.70. The third-order valence-corrected chi connectivity index (χ3v) is 6.75. The quantitative estimate of drug-likeness (QED) is 0.370. The van der Waals surface area contributed by atoms with Crippen molar-refractivity contribution in [1.29, 1.82) is 0 Å². The van der Waals surface area contributed by atoms with Crippen molar-refractivity contribution >= 4 is 33.9 Å². The van der Waals surface area contributed by atoms with Gasteiger partial charge in [-0.15, -0.1) is 11.3 Å². The van der Waals surface area contributed by atoms with E-state index in [0.29, 0.717) is 24.4 Å². The van der Waals surface area contributed by atoms with Crippen LogP contribution in [0.4, 0.5) is 10.7 Å². The van der Waals surface area contributed by atoms with E-state index in [1.54, 1.807) is 54.9 Å². The molecular formula is C25H27N3O3S. The first kappa shape index (κ1) is 22.0. The maximum Gasteiger partial charge on any atom is 0.338 e. The van der Waals surface area contributed by atoms with E-state index in [2.05, 4.69) is 15.6 Å². The highest BCUT2D eigenvalue weighted by atomic mass is 32.1. The van der Waals surface area contributed by atoms with Gasteiger partial charge in [0.15, 0.2) is 0 Å². The van der Waals surface area contributed by atoms with Crippen LogP contribution >= 0.6 is 11.3 Å². The lowest BCUT2D eigenvalue weighted by Gasteiger charge is -2.11. The van der Waals surface area contributed by atoms with Crippen molar-refractivity contribution in [2.24, 2.45) is 0 Å². The number of hydrogen-bond donors (Lipinski definition) is 2. The molecule has 0 fully saturated rings. The van der Waals surface area contributed by atoms with Gasteiger partial charge in [-0.25, -0.2) is 4.79 Å². The van der Waals surface area contributed by atoms with Crippen LogP contribution in [0, 0.1) is 0 Å². The van der Waals surface area contributed by atoms with E-state index < -0.39 is 0 Å². The number of carbonyl (C=O) groups excluding carboxylic acids is 2. The first-order valence-corrected chi connectivity index (χ1v) is 11.8. The average molecular weight is 450 g/mol. The number of hydrogen-bond acceptors (Lipinski definition) is 6. The van der Waals surface area contributed by atoms with E-state index in [-0.39, 0.29) is 11.9 Å². The summed E-state index contributed by atoms with van der Waals surface area (Å²) in [6.45, 7) is 2.74. The number of fused-ring (bicyclic) bond motifs is 1. The Kier molecular flexibility index (Phi) is 7.17. The van der Waals surface area contributed by atoms with E-state index in [4.69, 9.17) is 4.74 Å². The number of thiophene rings is 1. The summed E-state index contributed by atoms with van der Waals surface area (Å²) in [5.41, 5.74) is 4.15. The molecule has 0 bridgehead atoms. The molecule has 0 saturated carbocycles. The summed E-state index contributed by atoms with van der Waals surface area (Å²) in [6.07, 6.45) is 8.94. The molecule has 166 valence electrons. The number of pyridine rings is 1. The van der Waals surface area contributed by atoms with E-state index in [9.17, 15) is 9.59 Å². The molecule has 32 heavy (non-hydrogen) atoms. The van der Waals surface area contributed by atoms with Gasteiger partial charge in [0.05, 0.1) is 17.7 Å². The Morgan fingerprint density at radius 3 is 2.53 bits per heavy atom. The van der Waals surface area contributed by atoms with Crippen molar-refractivity contribution in [2.75, 3.05) is 17.2 Å². The van der Waals surface area contributed by atoms with E-state index >= 15 is 0 Å². The Bertz CT molecular complexity index is 1080. The van der Waals surface area contributed by atoms with Crippen LogP contribution in [0.3, 0.4) is 0 Å². The van der Waals surface area contributed by atoms with Gasteiger partial charge >= 0.3 is 5.97 Å². The SMILES string of the molecule is CCOC(=O)c1ccc(NC(=O)c2c(NCc3ccncc3)sc3c2CCCCC3)cc1. The van der Waals surface area contributed by atoms with Crippen LogP contribution in [0.1, 0.15) is 62.9 Å². The third-order valence-electron chi connectivity index (χ3n) is 5.50. The van der Waals surface area contributed by atoms with Crippen LogP contribution in [0.2, 0.25) is 0 Å². The van der Waals surface area contributed by atoms with E-state index in [1.165, 1.54) is 16.9 Å². The number of amides is 1. The first-order valence-electron chi connectivity index (χ1n) is 11.0. The van der Waals surface area contributed by atoms with Crippen LogP contribution in [0.25, 0.3) is 0 Å². The molecular weight excluding hydrogens is 422 g/mol. The lowest BCUT2D eigenvalue weighted by Crippen LogP contribution is -2.16. The number of nitrogens with zero attached hydrogens (tertiary/aromatic N) is 1. The maximum absolute atomic E-state index is 13.4. The van der Waals surface area contributed by atoms with Gasteiger partial charge in [0.2, 0.25) is 0 Å². The predicted molar refractivity (Wildman–Crippen MR) is 127 cm³/mol. The molecule has 2 aromatic heterocycles. The molecule has 2 N–H and O–H groups in total. The molecule has 7 heteroatoms. The molecule has 0 unspecified atom stereocenters. The molecule has 2 heterocycles. The summed E-state index contributed by atoms with van der Waals surface area (Å²) in [4.78, 5) is 30.6. The average Bonchev–Trinajstić information content (AvgIpc) is 3.00. The van der Waals surface area contributed by atoms with E-state index in [0.717, 1.165) is 41.8 Å². The highest BCUT2D eigenvalue weighted by molar-refractivity contribution is 7.16. The maximum atomic E-state index is 13.4. The second-order valence-corrected chi connectivity index (χ2v) is 8.83. The number of ether oxygens (including phenoxy) is 1. The Hall–Kier alpha value is -3.19. The van der Waals surface area contributed by atoms with Crippen molar-refractivity contribution in [2.45, 2.75) is 45.6 Å². The molecule has 0 saturated heterocycles. The van der Waals surface area contributed by atoms with Crippen LogP contribution in [-0.4, -0.2) is 23.5 Å². The molecule has 4 rings (SSSR count). The third kappa shape index (κ3) is 5.16. The summed E-state index contributed by atoms with van der Waals surface area (Å²) < 4.78 is 5.02. The molecule has 1 aliphatic rings. The smallest absolute Gasteiger partial charge is 0.338 e. The van der Waals surface area contributed by atoms with Crippen molar-refractivity contribution in [3.8, 4) is 0 Å². The van der Waals surface area contributed by atoms with Crippen LogP contribution in [0.15, 0.2) is 48.8 Å². The van der Waals surface area contributed by atoms with Crippen molar-refractivity contribution in [1.82, 2.24) is 4.98 Å². The van der Waals surface area contributed by atoms with Gasteiger partial charge in [-0.05, 0) is 80.1 Å². The summed E-state index contributed by atoms with van der Waals surface area (Å²) in [5.74, 6) is -0.485. The number of esters is 1. The normalized spacial score (nSPS) is 13.0. The summed E-state index contributed by atoms with van der Waals surface area (Å²) in [7, 11) is 0. The number of anilines is 2. The van der Waals surface area contributed by atoms with Crippen LogP contribution < -0.4 is 10.6 Å². The highest BCUT2D eigenvalue weighted by Crippen LogP contribution is 2.38. The van der Waals surface area contributed by atoms with Gasteiger partial charge in [0.1, 0.15) is 5.00 Å². The topological polar surface area (TPSA) is 80.3 Å². The largest absolute Gasteiger partial charge is 0.462 e. The zero-order valence-electron chi connectivity index (χ0n) is 18.1. The lowest BCUT2D eigenvalue weighted by molar-refractivity contribution is 0.0526. The van der Waals surface area contributed by atoms with Gasteiger partial charge < -0.3 is 15.4 Å². The highest BCUT2D eigenvalue weighted by Gasteiger charge is 2.25. The number of aryl methyl sites for hydroxylation is 1.